The number of aryl methyl sites for hydroxylation is 1. The van der Waals surface area contributed by atoms with E-state index in [0.29, 0.717) is 5.88 Å². The molecule has 0 bridgehead atoms. The zero-order valence-corrected chi connectivity index (χ0v) is 12.1. The standard InChI is InChI=1S/C13H12BrN3O2/c1-8-5-9(14)3-4-10(8)17-13(18)11-6-12(19-2)16-7-15-11/h3-7H,1-2H3,(H,17,18). The Morgan fingerprint density at radius 1 is 1.32 bits per heavy atom. The second kappa shape index (κ2) is 5.79. The molecule has 5 nitrogen and oxygen atoms in total. The predicted octanol–water partition coefficient (Wildman–Crippen LogP) is 2.81. The maximum Gasteiger partial charge on any atom is 0.274 e. The van der Waals surface area contributed by atoms with Crippen molar-refractivity contribution in [1.29, 1.82) is 0 Å². The van der Waals surface area contributed by atoms with Gasteiger partial charge in [-0.1, -0.05) is 15.9 Å². The van der Waals surface area contributed by atoms with Crippen molar-refractivity contribution in [3.8, 4) is 5.88 Å². The van der Waals surface area contributed by atoms with E-state index in [1.807, 2.05) is 25.1 Å². The maximum atomic E-state index is 12.1. The first-order chi connectivity index (χ1) is 9.10. The molecular formula is C13H12BrN3O2. The highest BCUT2D eigenvalue weighted by Crippen LogP contribution is 2.20. The molecule has 1 N–H and O–H groups in total. The number of carbonyl (C=O) groups is 1. The van der Waals surface area contributed by atoms with Crippen LogP contribution in [0.3, 0.4) is 0 Å². The molecule has 0 saturated carbocycles. The molecule has 0 atom stereocenters. The lowest BCUT2D eigenvalue weighted by Crippen LogP contribution is -2.14. The number of amides is 1. The van der Waals surface area contributed by atoms with Crippen molar-refractivity contribution in [1.82, 2.24) is 9.97 Å². The zero-order chi connectivity index (χ0) is 13.8. The van der Waals surface area contributed by atoms with Gasteiger partial charge in [0.2, 0.25) is 5.88 Å². The highest BCUT2D eigenvalue weighted by atomic mass is 79.9. The van der Waals surface area contributed by atoms with Crippen molar-refractivity contribution in [3.63, 3.8) is 0 Å². The van der Waals surface area contributed by atoms with Gasteiger partial charge in [0, 0.05) is 16.2 Å². The Morgan fingerprint density at radius 2 is 2.11 bits per heavy atom. The predicted molar refractivity (Wildman–Crippen MR) is 75.4 cm³/mol. The number of rotatable bonds is 3. The smallest absolute Gasteiger partial charge is 0.274 e. The molecule has 6 heteroatoms. The summed E-state index contributed by atoms with van der Waals surface area (Å²) in [6, 6.07) is 7.11. The van der Waals surface area contributed by atoms with Gasteiger partial charge in [0.25, 0.3) is 5.91 Å². The fourth-order valence-electron chi connectivity index (χ4n) is 1.53. The third kappa shape index (κ3) is 3.29. The molecule has 2 aromatic rings. The molecule has 19 heavy (non-hydrogen) atoms. The first-order valence-corrected chi connectivity index (χ1v) is 6.33. The van der Waals surface area contributed by atoms with Crippen molar-refractivity contribution in [2.75, 3.05) is 12.4 Å². The van der Waals surface area contributed by atoms with E-state index in [1.54, 1.807) is 0 Å². The summed E-state index contributed by atoms with van der Waals surface area (Å²) in [7, 11) is 1.49. The van der Waals surface area contributed by atoms with Crippen LogP contribution in [0.4, 0.5) is 5.69 Å². The van der Waals surface area contributed by atoms with Gasteiger partial charge < -0.3 is 10.1 Å². The summed E-state index contributed by atoms with van der Waals surface area (Å²) in [5.41, 5.74) is 1.96. The number of benzene rings is 1. The van der Waals surface area contributed by atoms with Gasteiger partial charge in [-0.05, 0) is 30.7 Å². The van der Waals surface area contributed by atoms with Gasteiger partial charge in [0.05, 0.1) is 7.11 Å². The van der Waals surface area contributed by atoms with E-state index in [2.05, 4.69) is 31.2 Å². The minimum atomic E-state index is -0.300. The largest absolute Gasteiger partial charge is 0.481 e. The van der Waals surface area contributed by atoms with Crippen LogP contribution in [0.1, 0.15) is 16.1 Å². The number of nitrogens with zero attached hydrogens (tertiary/aromatic N) is 2. The van der Waals surface area contributed by atoms with E-state index in [1.165, 1.54) is 19.5 Å². The van der Waals surface area contributed by atoms with E-state index < -0.39 is 0 Å². The Kier molecular flexibility index (Phi) is 4.11. The molecule has 0 aliphatic carbocycles. The summed E-state index contributed by atoms with van der Waals surface area (Å²) in [6.45, 7) is 1.92. The molecule has 0 saturated heterocycles. The molecule has 0 aliphatic rings. The van der Waals surface area contributed by atoms with Crippen molar-refractivity contribution < 1.29 is 9.53 Å². The number of aromatic nitrogens is 2. The van der Waals surface area contributed by atoms with Crippen molar-refractivity contribution in [3.05, 3.63) is 46.3 Å². The minimum absolute atomic E-state index is 0.258. The second-order valence-electron chi connectivity index (χ2n) is 3.86. The first kappa shape index (κ1) is 13.5. The fraction of sp³-hybridized carbons (Fsp3) is 0.154. The average Bonchev–Trinajstić information content (AvgIpc) is 2.42. The number of anilines is 1. The third-order valence-corrected chi connectivity index (χ3v) is 3.01. The van der Waals surface area contributed by atoms with Crippen LogP contribution < -0.4 is 10.1 Å². The van der Waals surface area contributed by atoms with Crippen LogP contribution in [-0.2, 0) is 0 Å². The average molecular weight is 322 g/mol. The van der Waals surface area contributed by atoms with Gasteiger partial charge >= 0.3 is 0 Å². The van der Waals surface area contributed by atoms with Crippen LogP contribution in [0.2, 0.25) is 0 Å². The van der Waals surface area contributed by atoms with Crippen LogP contribution >= 0.6 is 15.9 Å². The van der Waals surface area contributed by atoms with Crippen molar-refractivity contribution in [2.24, 2.45) is 0 Å². The van der Waals surface area contributed by atoms with Gasteiger partial charge in [0.15, 0.2) is 0 Å². The Morgan fingerprint density at radius 3 is 2.79 bits per heavy atom. The molecule has 1 aromatic carbocycles. The van der Waals surface area contributed by atoms with E-state index in [0.717, 1.165) is 15.7 Å². The van der Waals surface area contributed by atoms with E-state index >= 15 is 0 Å². The molecule has 98 valence electrons. The number of ether oxygens (including phenoxy) is 1. The van der Waals surface area contributed by atoms with Crippen LogP contribution in [0.25, 0.3) is 0 Å². The minimum Gasteiger partial charge on any atom is -0.481 e. The molecular weight excluding hydrogens is 310 g/mol. The summed E-state index contributed by atoms with van der Waals surface area (Å²) < 4.78 is 5.92. The summed E-state index contributed by atoms with van der Waals surface area (Å²) >= 11 is 3.38. The van der Waals surface area contributed by atoms with E-state index in [9.17, 15) is 4.79 Å². The molecule has 0 radical (unpaired) electrons. The van der Waals surface area contributed by atoms with Crippen LogP contribution in [0, 0.1) is 6.92 Å². The zero-order valence-electron chi connectivity index (χ0n) is 10.5. The number of methoxy groups -OCH3 is 1. The Bertz CT molecular complexity index is 617. The fourth-order valence-corrected chi connectivity index (χ4v) is 2.00. The number of carbonyl (C=O) groups excluding carboxylic acids is 1. The lowest BCUT2D eigenvalue weighted by atomic mass is 10.2. The normalized spacial score (nSPS) is 10.1. The molecule has 0 unspecified atom stereocenters. The Hall–Kier alpha value is -1.95. The maximum absolute atomic E-state index is 12.1. The lowest BCUT2D eigenvalue weighted by molar-refractivity contribution is 0.102. The Balaban J connectivity index is 2.20. The molecule has 0 fully saturated rings. The quantitative estimate of drug-likeness (QED) is 0.944. The van der Waals surface area contributed by atoms with Crippen LogP contribution in [-0.4, -0.2) is 23.0 Å². The topological polar surface area (TPSA) is 64.1 Å². The van der Waals surface area contributed by atoms with Crippen LogP contribution in [0.15, 0.2) is 35.1 Å². The molecule has 1 heterocycles. The number of nitrogens with one attached hydrogen (secondary N) is 1. The highest BCUT2D eigenvalue weighted by Gasteiger charge is 2.10. The monoisotopic (exact) mass is 321 g/mol. The summed E-state index contributed by atoms with van der Waals surface area (Å²) in [6.07, 6.45) is 1.29. The van der Waals surface area contributed by atoms with Crippen LogP contribution in [0.5, 0.6) is 5.88 Å². The second-order valence-corrected chi connectivity index (χ2v) is 4.77. The summed E-state index contributed by atoms with van der Waals surface area (Å²) in [5, 5.41) is 2.80. The molecule has 1 aromatic heterocycles. The lowest BCUT2D eigenvalue weighted by Gasteiger charge is -2.08. The van der Waals surface area contributed by atoms with Gasteiger partial charge in [-0.25, -0.2) is 9.97 Å². The van der Waals surface area contributed by atoms with Gasteiger partial charge in [0.1, 0.15) is 12.0 Å². The first-order valence-electron chi connectivity index (χ1n) is 5.53. The number of hydrogen-bond acceptors (Lipinski definition) is 4. The van der Waals surface area contributed by atoms with Crippen molar-refractivity contribution in [2.45, 2.75) is 6.92 Å². The van der Waals surface area contributed by atoms with Gasteiger partial charge in [-0.3, -0.25) is 4.79 Å². The highest BCUT2D eigenvalue weighted by molar-refractivity contribution is 9.10. The third-order valence-electron chi connectivity index (χ3n) is 2.52. The van der Waals surface area contributed by atoms with Gasteiger partial charge in [-0.15, -0.1) is 0 Å². The number of halogens is 1. The molecule has 0 aliphatic heterocycles. The van der Waals surface area contributed by atoms with Crippen molar-refractivity contribution >= 4 is 27.5 Å². The SMILES string of the molecule is COc1cc(C(=O)Nc2ccc(Br)cc2C)ncn1. The summed E-state index contributed by atoms with van der Waals surface area (Å²) in [5.74, 6) is 0.0544. The summed E-state index contributed by atoms with van der Waals surface area (Å²) in [4.78, 5) is 19.8. The number of hydrogen-bond donors (Lipinski definition) is 1. The Labute approximate surface area is 119 Å². The van der Waals surface area contributed by atoms with E-state index in [-0.39, 0.29) is 11.6 Å². The van der Waals surface area contributed by atoms with E-state index in [4.69, 9.17) is 4.74 Å². The molecule has 2 rings (SSSR count). The molecule has 0 spiro atoms. The van der Waals surface area contributed by atoms with Gasteiger partial charge in [-0.2, -0.15) is 0 Å². The molecule has 1 amide bonds.